The van der Waals surface area contributed by atoms with Crippen molar-refractivity contribution in [3.8, 4) is 22.3 Å². The summed E-state index contributed by atoms with van der Waals surface area (Å²) in [6.45, 7) is 4.63. The van der Waals surface area contributed by atoms with Gasteiger partial charge in [-0.05, 0) is 56.8 Å². The molecule has 5 rings (SSSR count). The number of hydrogen-bond donors (Lipinski definition) is 0. The van der Waals surface area contributed by atoms with Crippen LogP contribution in [0.2, 0.25) is 5.15 Å². The van der Waals surface area contributed by atoms with Crippen LogP contribution in [0.25, 0.3) is 33.0 Å². The van der Waals surface area contributed by atoms with Crippen molar-refractivity contribution in [1.82, 2.24) is 4.98 Å². The van der Waals surface area contributed by atoms with Gasteiger partial charge in [-0.1, -0.05) is 74.0 Å². The molecule has 0 saturated heterocycles. The third-order valence-electron chi connectivity index (χ3n) is 5.63. The molecule has 0 atom stereocenters. The van der Waals surface area contributed by atoms with Crippen LogP contribution in [0.15, 0.2) is 72.9 Å². The largest absolute Gasteiger partial charge is 0.244 e. The summed E-state index contributed by atoms with van der Waals surface area (Å²) in [5, 5.41) is 3.15. The predicted molar refractivity (Wildman–Crippen MR) is 110 cm³/mol. The molecule has 0 saturated carbocycles. The normalized spacial score (nSPS) is 14.3. The maximum Gasteiger partial charge on any atom is 0.129 e. The Morgan fingerprint density at radius 2 is 1.62 bits per heavy atom. The van der Waals surface area contributed by atoms with Gasteiger partial charge in [0.1, 0.15) is 5.15 Å². The standard InChI is InChI=1S/C24H18ClN/c1-24(2)20-11-8-15-5-3-4-6-18(15)23(20)19-10-7-16(13-21(19)24)17-9-12-22(25)26-14-17/h3-14H,1-2H3. The molecule has 126 valence electrons. The van der Waals surface area contributed by atoms with Crippen LogP contribution < -0.4 is 0 Å². The molecular weight excluding hydrogens is 338 g/mol. The maximum atomic E-state index is 5.94. The van der Waals surface area contributed by atoms with Crippen molar-refractivity contribution in [3.63, 3.8) is 0 Å². The molecule has 1 aliphatic carbocycles. The van der Waals surface area contributed by atoms with Crippen LogP contribution in [0.4, 0.5) is 0 Å². The van der Waals surface area contributed by atoms with Gasteiger partial charge in [-0.25, -0.2) is 4.98 Å². The molecular formula is C24H18ClN. The number of benzene rings is 3. The van der Waals surface area contributed by atoms with Crippen molar-refractivity contribution in [2.24, 2.45) is 0 Å². The maximum absolute atomic E-state index is 5.94. The van der Waals surface area contributed by atoms with Crippen molar-refractivity contribution in [3.05, 3.63) is 89.2 Å². The highest BCUT2D eigenvalue weighted by molar-refractivity contribution is 6.29. The van der Waals surface area contributed by atoms with E-state index in [1.54, 1.807) is 0 Å². The Morgan fingerprint density at radius 3 is 2.42 bits per heavy atom. The van der Waals surface area contributed by atoms with Gasteiger partial charge in [0, 0.05) is 17.2 Å². The lowest BCUT2D eigenvalue weighted by Gasteiger charge is -2.22. The topological polar surface area (TPSA) is 12.9 Å². The molecule has 2 heteroatoms. The SMILES string of the molecule is CC1(C)c2cc(-c3ccc(Cl)nc3)ccc2-c2c1ccc1ccccc21. The lowest BCUT2D eigenvalue weighted by Crippen LogP contribution is -2.15. The first-order chi connectivity index (χ1) is 12.6. The number of fused-ring (bicyclic) bond motifs is 5. The molecule has 0 fully saturated rings. The minimum absolute atomic E-state index is 0.0233. The van der Waals surface area contributed by atoms with Gasteiger partial charge in [-0.15, -0.1) is 0 Å². The van der Waals surface area contributed by atoms with E-state index >= 15 is 0 Å². The summed E-state index contributed by atoms with van der Waals surface area (Å²) in [5.74, 6) is 0. The molecule has 0 N–H and O–H groups in total. The Kier molecular flexibility index (Phi) is 3.26. The first kappa shape index (κ1) is 15.6. The summed E-state index contributed by atoms with van der Waals surface area (Å²) in [7, 11) is 0. The third kappa shape index (κ3) is 2.14. The Labute approximate surface area is 158 Å². The van der Waals surface area contributed by atoms with Crippen molar-refractivity contribution < 1.29 is 0 Å². The van der Waals surface area contributed by atoms with Crippen LogP contribution >= 0.6 is 11.6 Å². The van der Waals surface area contributed by atoms with Crippen molar-refractivity contribution in [2.75, 3.05) is 0 Å². The predicted octanol–water partition coefficient (Wildman–Crippen LogP) is 6.86. The van der Waals surface area contributed by atoms with E-state index in [2.05, 4.69) is 73.4 Å². The molecule has 0 amide bonds. The van der Waals surface area contributed by atoms with Crippen LogP contribution in [0.1, 0.15) is 25.0 Å². The number of halogens is 1. The summed E-state index contributed by atoms with van der Waals surface area (Å²) in [6, 6.07) is 23.8. The van der Waals surface area contributed by atoms with E-state index in [0.29, 0.717) is 5.15 Å². The van der Waals surface area contributed by atoms with Gasteiger partial charge in [0.05, 0.1) is 0 Å². The number of aromatic nitrogens is 1. The number of pyridine rings is 1. The van der Waals surface area contributed by atoms with Gasteiger partial charge >= 0.3 is 0 Å². The zero-order valence-electron chi connectivity index (χ0n) is 14.8. The summed E-state index contributed by atoms with van der Waals surface area (Å²) in [5.41, 5.74) is 7.74. The zero-order chi connectivity index (χ0) is 17.9. The van der Waals surface area contributed by atoms with E-state index in [4.69, 9.17) is 11.6 Å². The second-order valence-corrected chi connectivity index (χ2v) is 7.85. The van der Waals surface area contributed by atoms with Gasteiger partial charge in [-0.3, -0.25) is 0 Å². The molecule has 26 heavy (non-hydrogen) atoms. The van der Waals surface area contributed by atoms with E-state index in [9.17, 15) is 0 Å². The van der Waals surface area contributed by atoms with Crippen LogP contribution in [-0.2, 0) is 5.41 Å². The first-order valence-electron chi connectivity index (χ1n) is 8.85. The average Bonchev–Trinajstić information content (AvgIpc) is 2.90. The molecule has 0 spiro atoms. The van der Waals surface area contributed by atoms with E-state index < -0.39 is 0 Å². The van der Waals surface area contributed by atoms with Crippen molar-refractivity contribution >= 4 is 22.4 Å². The molecule has 0 unspecified atom stereocenters. The summed E-state index contributed by atoms with van der Waals surface area (Å²) in [4.78, 5) is 4.23. The highest BCUT2D eigenvalue weighted by atomic mass is 35.5. The molecule has 0 bridgehead atoms. The molecule has 4 aromatic rings. The Bertz CT molecular complexity index is 1160. The van der Waals surface area contributed by atoms with Crippen LogP contribution in [0, 0.1) is 0 Å². The summed E-state index contributed by atoms with van der Waals surface area (Å²) in [6.07, 6.45) is 1.84. The Morgan fingerprint density at radius 1 is 0.808 bits per heavy atom. The molecule has 3 aromatic carbocycles. The van der Waals surface area contributed by atoms with Gasteiger partial charge in [0.15, 0.2) is 0 Å². The number of rotatable bonds is 1. The van der Waals surface area contributed by atoms with Crippen LogP contribution in [0.5, 0.6) is 0 Å². The smallest absolute Gasteiger partial charge is 0.129 e. The van der Waals surface area contributed by atoms with Gasteiger partial charge in [-0.2, -0.15) is 0 Å². The van der Waals surface area contributed by atoms with Gasteiger partial charge < -0.3 is 0 Å². The second-order valence-electron chi connectivity index (χ2n) is 7.46. The molecule has 1 heterocycles. The van der Waals surface area contributed by atoms with Crippen LogP contribution in [-0.4, -0.2) is 4.98 Å². The monoisotopic (exact) mass is 355 g/mol. The lowest BCUT2D eigenvalue weighted by atomic mass is 9.81. The molecule has 1 nitrogen and oxygen atoms in total. The van der Waals surface area contributed by atoms with Gasteiger partial charge in [0.25, 0.3) is 0 Å². The fourth-order valence-electron chi connectivity index (χ4n) is 4.23. The zero-order valence-corrected chi connectivity index (χ0v) is 15.5. The summed E-state index contributed by atoms with van der Waals surface area (Å²) >= 11 is 5.94. The highest BCUT2D eigenvalue weighted by Gasteiger charge is 2.36. The van der Waals surface area contributed by atoms with Crippen molar-refractivity contribution in [2.45, 2.75) is 19.3 Å². The Balaban J connectivity index is 1.77. The molecule has 0 aliphatic heterocycles. The van der Waals surface area contributed by atoms with E-state index in [-0.39, 0.29) is 5.41 Å². The molecule has 1 aliphatic rings. The lowest BCUT2D eigenvalue weighted by molar-refractivity contribution is 0.661. The van der Waals surface area contributed by atoms with Crippen LogP contribution in [0.3, 0.4) is 0 Å². The quantitative estimate of drug-likeness (QED) is 0.340. The Hall–Kier alpha value is -2.64. The minimum Gasteiger partial charge on any atom is -0.244 e. The second kappa shape index (κ2) is 5.43. The fourth-order valence-corrected chi connectivity index (χ4v) is 4.34. The van der Waals surface area contributed by atoms with E-state index in [1.807, 2.05) is 18.3 Å². The van der Waals surface area contributed by atoms with E-state index in [0.717, 1.165) is 5.56 Å². The van der Waals surface area contributed by atoms with Crippen molar-refractivity contribution in [1.29, 1.82) is 0 Å². The minimum atomic E-state index is -0.0233. The average molecular weight is 356 g/mol. The third-order valence-corrected chi connectivity index (χ3v) is 5.85. The van der Waals surface area contributed by atoms with E-state index in [1.165, 1.54) is 38.6 Å². The fraction of sp³-hybridized carbons (Fsp3) is 0.125. The summed E-state index contributed by atoms with van der Waals surface area (Å²) < 4.78 is 0. The molecule has 0 radical (unpaired) electrons. The highest BCUT2D eigenvalue weighted by Crippen LogP contribution is 2.51. The molecule has 1 aromatic heterocycles. The van der Waals surface area contributed by atoms with Gasteiger partial charge in [0.2, 0.25) is 0 Å². The number of nitrogens with zero attached hydrogens (tertiary/aromatic N) is 1. The number of hydrogen-bond acceptors (Lipinski definition) is 1. The first-order valence-corrected chi connectivity index (χ1v) is 9.22.